The van der Waals surface area contributed by atoms with Crippen LogP contribution in [0.2, 0.25) is 0 Å². The molecule has 4 nitrogen and oxygen atoms in total. The van der Waals surface area contributed by atoms with E-state index in [1.807, 2.05) is 0 Å². The summed E-state index contributed by atoms with van der Waals surface area (Å²) in [6.07, 6.45) is 0. The van der Waals surface area contributed by atoms with Crippen LogP contribution in [0.5, 0.6) is 5.75 Å². The fourth-order valence-corrected chi connectivity index (χ4v) is 1.32. The zero-order valence-electron chi connectivity index (χ0n) is 8.52. The minimum atomic E-state index is -1.15. The lowest BCUT2D eigenvalue weighted by Crippen LogP contribution is -2.08. The van der Waals surface area contributed by atoms with Gasteiger partial charge in [0, 0.05) is 11.6 Å². The molecule has 0 amide bonds. The lowest BCUT2D eigenvalue weighted by Gasteiger charge is -2.11. The van der Waals surface area contributed by atoms with Crippen LogP contribution in [0.3, 0.4) is 0 Å². The molecule has 0 aromatic heterocycles. The highest BCUT2D eigenvalue weighted by molar-refractivity contribution is 5.91. The number of halogens is 1. The second kappa shape index (κ2) is 5.00. The molecule has 0 radical (unpaired) electrons. The van der Waals surface area contributed by atoms with Gasteiger partial charge >= 0.3 is 5.97 Å². The number of nitrogens with two attached hydrogens (primary N) is 1. The molecule has 5 heteroatoms. The molecule has 15 heavy (non-hydrogen) atoms. The first-order chi connectivity index (χ1) is 6.43. The number of hydrogen-bond acceptors (Lipinski definition) is 3. The topological polar surface area (TPSA) is 83.5 Å². The molecule has 0 saturated carbocycles. The summed E-state index contributed by atoms with van der Waals surface area (Å²) in [5, 5.41) is 18.4. The maximum absolute atomic E-state index is 10.7. The van der Waals surface area contributed by atoms with Gasteiger partial charge in [0.2, 0.25) is 0 Å². The summed E-state index contributed by atoms with van der Waals surface area (Å²) < 4.78 is 0. The summed E-state index contributed by atoms with van der Waals surface area (Å²) in [5.74, 6) is -1.38. The maximum atomic E-state index is 10.7. The van der Waals surface area contributed by atoms with Crippen molar-refractivity contribution in [1.82, 2.24) is 0 Å². The highest BCUT2D eigenvalue weighted by atomic mass is 35.5. The molecule has 1 atom stereocenters. The molecule has 1 aromatic carbocycles. The average molecular weight is 232 g/mol. The van der Waals surface area contributed by atoms with E-state index < -0.39 is 5.97 Å². The number of carboxylic acid groups (broad SMARTS) is 1. The van der Waals surface area contributed by atoms with E-state index in [4.69, 9.17) is 10.8 Å². The van der Waals surface area contributed by atoms with E-state index in [1.165, 1.54) is 6.07 Å². The van der Waals surface area contributed by atoms with Crippen LogP contribution in [0.25, 0.3) is 0 Å². The van der Waals surface area contributed by atoms with Crippen LogP contribution in [-0.2, 0) is 0 Å². The standard InChI is InChI=1S/C10H13NO3.ClH/c1-5-3-7(6(2)11)9(12)8(4-5)10(13)14;/h3-4,6,12H,11H2,1-2H3,(H,13,14);1H/t6-;/m0./s1. The van der Waals surface area contributed by atoms with E-state index in [-0.39, 0.29) is 29.8 Å². The van der Waals surface area contributed by atoms with Crippen molar-refractivity contribution in [2.24, 2.45) is 5.73 Å². The van der Waals surface area contributed by atoms with Crippen LogP contribution in [-0.4, -0.2) is 16.2 Å². The first-order valence-electron chi connectivity index (χ1n) is 4.26. The van der Waals surface area contributed by atoms with E-state index in [1.54, 1.807) is 19.9 Å². The van der Waals surface area contributed by atoms with Gasteiger partial charge in [0.25, 0.3) is 0 Å². The summed E-state index contributed by atoms with van der Waals surface area (Å²) in [7, 11) is 0. The quantitative estimate of drug-likeness (QED) is 0.725. The number of carboxylic acids is 1. The van der Waals surface area contributed by atoms with E-state index in [0.29, 0.717) is 5.56 Å². The minimum Gasteiger partial charge on any atom is -0.507 e. The number of benzene rings is 1. The molecule has 0 unspecified atom stereocenters. The van der Waals surface area contributed by atoms with Gasteiger partial charge in [-0.1, -0.05) is 6.07 Å². The monoisotopic (exact) mass is 231 g/mol. The summed E-state index contributed by atoms with van der Waals surface area (Å²) in [6, 6.07) is 2.73. The number of hydrogen-bond donors (Lipinski definition) is 3. The second-order valence-corrected chi connectivity index (χ2v) is 3.34. The zero-order chi connectivity index (χ0) is 10.9. The summed E-state index contributed by atoms with van der Waals surface area (Å²) in [6.45, 7) is 3.46. The average Bonchev–Trinajstić information content (AvgIpc) is 2.07. The molecule has 0 aliphatic carbocycles. The molecular formula is C10H14ClNO3. The van der Waals surface area contributed by atoms with Gasteiger partial charge in [-0.05, 0) is 25.5 Å². The smallest absolute Gasteiger partial charge is 0.339 e. The first-order valence-corrected chi connectivity index (χ1v) is 4.26. The maximum Gasteiger partial charge on any atom is 0.339 e. The Morgan fingerprint density at radius 2 is 2.00 bits per heavy atom. The van der Waals surface area contributed by atoms with E-state index in [0.717, 1.165) is 5.56 Å². The van der Waals surface area contributed by atoms with Crippen LogP contribution in [0, 0.1) is 6.92 Å². The Morgan fingerprint density at radius 1 is 1.47 bits per heavy atom. The Bertz CT molecular complexity index is 377. The Balaban J connectivity index is 0.00000196. The lowest BCUT2D eigenvalue weighted by atomic mass is 10.0. The number of rotatable bonds is 2. The van der Waals surface area contributed by atoms with Crippen molar-refractivity contribution in [2.45, 2.75) is 19.9 Å². The molecule has 84 valence electrons. The first kappa shape index (κ1) is 13.7. The predicted octanol–water partition coefficient (Wildman–Crippen LogP) is 1.84. The van der Waals surface area contributed by atoms with Gasteiger partial charge < -0.3 is 15.9 Å². The highest BCUT2D eigenvalue weighted by Gasteiger charge is 2.16. The number of aromatic carboxylic acids is 1. The largest absolute Gasteiger partial charge is 0.507 e. The molecule has 0 aliphatic rings. The molecule has 0 fully saturated rings. The van der Waals surface area contributed by atoms with Crippen LogP contribution in [0.1, 0.15) is 34.5 Å². The molecular weight excluding hydrogens is 218 g/mol. The number of carbonyl (C=O) groups is 1. The molecule has 1 aromatic rings. The van der Waals surface area contributed by atoms with Crippen LogP contribution in [0.4, 0.5) is 0 Å². The van der Waals surface area contributed by atoms with Crippen molar-refractivity contribution in [3.8, 4) is 5.75 Å². The summed E-state index contributed by atoms with van der Waals surface area (Å²) in [5.41, 5.74) is 6.73. The Morgan fingerprint density at radius 3 is 2.40 bits per heavy atom. The summed E-state index contributed by atoms with van der Waals surface area (Å²) >= 11 is 0. The van der Waals surface area contributed by atoms with Gasteiger partial charge in [-0.2, -0.15) is 0 Å². The third-order valence-corrected chi connectivity index (χ3v) is 2.00. The summed E-state index contributed by atoms with van der Waals surface area (Å²) in [4.78, 5) is 10.7. The Labute approximate surface area is 94.1 Å². The van der Waals surface area contributed by atoms with Crippen LogP contribution < -0.4 is 5.73 Å². The van der Waals surface area contributed by atoms with Gasteiger partial charge in [-0.15, -0.1) is 12.4 Å². The molecule has 0 saturated heterocycles. The fraction of sp³-hybridized carbons (Fsp3) is 0.300. The fourth-order valence-electron chi connectivity index (χ4n) is 1.32. The van der Waals surface area contributed by atoms with Gasteiger partial charge in [-0.25, -0.2) is 4.79 Å². The van der Waals surface area contributed by atoms with Gasteiger partial charge in [0.05, 0.1) is 0 Å². The normalized spacial score (nSPS) is 11.7. The van der Waals surface area contributed by atoms with E-state index in [9.17, 15) is 9.90 Å². The molecule has 4 N–H and O–H groups in total. The van der Waals surface area contributed by atoms with Crippen molar-refractivity contribution >= 4 is 18.4 Å². The highest BCUT2D eigenvalue weighted by Crippen LogP contribution is 2.28. The molecule has 0 heterocycles. The second-order valence-electron chi connectivity index (χ2n) is 3.34. The van der Waals surface area contributed by atoms with Crippen molar-refractivity contribution in [3.63, 3.8) is 0 Å². The minimum absolute atomic E-state index is 0. The third-order valence-electron chi connectivity index (χ3n) is 2.00. The van der Waals surface area contributed by atoms with Crippen LogP contribution >= 0.6 is 12.4 Å². The molecule has 0 aliphatic heterocycles. The number of phenols is 1. The van der Waals surface area contributed by atoms with E-state index in [2.05, 4.69) is 0 Å². The van der Waals surface area contributed by atoms with Gasteiger partial charge in [0.15, 0.2) is 0 Å². The van der Waals surface area contributed by atoms with Crippen molar-refractivity contribution < 1.29 is 15.0 Å². The SMILES string of the molecule is Cc1cc(C(=O)O)c(O)c([C@H](C)N)c1.Cl. The Hall–Kier alpha value is -1.26. The number of aryl methyl sites for hydroxylation is 1. The lowest BCUT2D eigenvalue weighted by molar-refractivity contribution is 0.0693. The molecule has 0 spiro atoms. The zero-order valence-corrected chi connectivity index (χ0v) is 9.34. The molecule has 1 rings (SSSR count). The van der Waals surface area contributed by atoms with E-state index >= 15 is 0 Å². The predicted molar refractivity (Wildman–Crippen MR) is 59.7 cm³/mol. The van der Waals surface area contributed by atoms with Gasteiger partial charge in [-0.3, -0.25) is 0 Å². The van der Waals surface area contributed by atoms with Crippen molar-refractivity contribution in [2.75, 3.05) is 0 Å². The number of aromatic hydroxyl groups is 1. The van der Waals surface area contributed by atoms with Crippen LogP contribution in [0.15, 0.2) is 12.1 Å². The Kier molecular flexibility index (Phi) is 4.58. The van der Waals surface area contributed by atoms with Gasteiger partial charge in [0.1, 0.15) is 11.3 Å². The third kappa shape index (κ3) is 2.84. The van der Waals surface area contributed by atoms with Crippen molar-refractivity contribution in [3.05, 3.63) is 28.8 Å². The van der Waals surface area contributed by atoms with Crippen molar-refractivity contribution in [1.29, 1.82) is 0 Å². The molecule has 0 bridgehead atoms.